The summed E-state index contributed by atoms with van der Waals surface area (Å²) in [5, 5.41) is 9.71. The predicted octanol–water partition coefficient (Wildman–Crippen LogP) is 4.81. The molecule has 3 aromatic rings. The molecule has 0 amide bonds. The fourth-order valence-electron chi connectivity index (χ4n) is 2.23. The van der Waals surface area contributed by atoms with E-state index in [2.05, 4.69) is 0 Å². The zero-order valence-electron chi connectivity index (χ0n) is 12.7. The molecule has 0 radical (unpaired) electrons. The van der Waals surface area contributed by atoms with Crippen LogP contribution in [-0.2, 0) is 6.42 Å². The van der Waals surface area contributed by atoms with E-state index in [0.29, 0.717) is 18.8 Å². The molecule has 3 aromatic carbocycles. The average Bonchev–Trinajstić information content (AvgIpc) is 2.59. The van der Waals surface area contributed by atoms with E-state index < -0.39 is 0 Å². The molecule has 23 heavy (non-hydrogen) atoms. The lowest BCUT2D eigenvalue weighted by Crippen LogP contribution is -2.01. The summed E-state index contributed by atoms with van der Waals surface area (Å²) in [6.45, 7) is 0.510. The van der Waals surface area contributed by atoms with Crippen molar-refractivity contribution in [1.29, 1.82) is 0 Å². The lowest BCUT2D eigenvalue weighted by molar-refractivity contribution is 0.319. The molecule has 0 heterocycles. The van der Waals surface area contributed by atoms with Gasteiger partial charge in [0.05, 0.1) is 6.61 Å². The lowest BCUT2D eigenvalue weighted by atomic mass is 10.1. The predicted molar refractivity (Wildman–Crippen MR) is 90.3 cm³/mol. The van der Waals surface area contributed by atoms with Crippen LogP contribution in [0.15, 0.2) is 78.9 Å². The molecule has 3 heteroatoms. The highest BCUT2D eigenvalue weighted by molar-refractivity contribution is 5.35. The molecule has 0 aromatic heterocycles. The van der Waals surface area contributed by atoms with Crippen molar-refractivity contribution in [3.05, 3.63) is 84.4 Å². The molecule has 0 aliphatic carbocycles. The van der Waals surface area contributed by atoms with E-state index in [1.807, 2.05) is 72.8 Å². The Morgan fingerprint density at radius 1 is 0.652 bits per heavy atom. The highest BCUT2D eigenvalue weighted by Gasteiger charge is 2.01. The molecule has 0 unspecified atom stereocenters. The Bertz CT molecular complexity index is 736. The number of para-hydroxylation sites is 2. The fourth-order valence-corrected chi connectivity index (χ4v) is 2.23. The van der Waals surface area contributed by atoms with Crippen molar-refractivity contribution in [2.24, 2.45) is 0 Å². The first-order chi connectivity index (χ1) is 11.3. The average molecular weight is 306 g/mol. The van der Waals surface area contributed by atoms with Gasteiger partial charge in [-0.2, -0.15) is 0 Å². The van der Waals surface area contributed by atoms with Crippen LogP contribution in [0.3, 0.4) is 0 Å². The summed E-state index contributed by atoms with van der Waals surface area (Å²) in [5.41, 5.74) is 0.886. The van der Waals surface area contributed by atoms with Crippen LogP contribution in [0.25, 0.3) is 0 Å². The van der Waals surface area contributed by atoms with Crippen molar-refractivity contribution in [3.8, 4) is 23.0 Å². The third-order valence-electron chi connectivity index (χ3n) is 3.43. The molecule has 0 atom stereocenters. The number of ether oxygens (including phenoxy) is 2. The molecule has 3 rings (SSSR count). The van der Waals surface area contributed by atoms with Crippen LogP contribution in [0.1, 0.15) is 5.56 Å². The molecule has 0 bridgehead atoms. The summed E-state index contributed by atoms with van der Waals surface area (Å²) in [7, 11) is 0. The zero-order chi connectivity index (χ0) is 15.9. The molecule has 0 saturated carbocycles. The number of benzene rings is 3. The molecule has 1 N–H and O–H groups in total. The Kier molecular flexibility index (Phi) is 4.79. The van der Waals surface area contributed by atoms with Crippen LogP contribution >= 0.6 is 0 Å². The summed E-state index contributed by atoms with van der Waals surface area (Å²) < 4.78 is 11.4. The second-order valence-corrected chi connectivity index (χ2v) is 5.11. The molecular weight excluding hydrogens is 288 g/mol. The third kappa shape index (κ3) is 4.27. The second kappa shape index (κ2) is 7.36. The van der Waals surface area contributed by atoms with Crippen LogP contribution in [0.2, 0.25) is 0 Å². The maximum absolute atomic E-state index is 9.71. The van der Waals surface area contributed by atoms with Gasteiger partial charge >= 0.3 is 0 Å². The SMILES string of the molecule is Oc1ccccc1CCOc1ccc(Oc2ccccc2)cc1. The lowest BCUT2D eigenvalue weighted by Gasteiger charge is -2.09. The first-order valence-corrected chi connectivity index (χ1v) is 7.54. The summed E-state index contributed by atoms with van der Waals surface area (Å²) in [5.74, 6) is 2.66. The zero-order valence-corrected chi connectivity index (χ0v) is 12.7. The van der Waals surface area contributed by atoms with E-state index in [1.54, 1.807) is 6.07 Å². The largest absolute Gasteiger partial charge is 0.508 e. The highest BCUT2D eigenvalue weighted by Crippen LogP contribution is 2.24. The van der Waals surface area contributed by atoms with Crippen LogP contribution < -0.4 is 9.47 Å². The Hall–Kier alpha value is -2.94. The minimum Gasteiger partial charge on any atom is -0.508 e. The number of aromatic hydroxyl groups is 1. The molecule has 116 valence electrons. The molecule has 0 spiro atoms. The smallest absolute Gasteiger partial charge is 0.127 e. The van der Waals surface area contributed by atoms with E-state index in [-0.39, 0.29) is 0 Å². The fraction of sp³-hybridized carbons (Fsp3) is 0.100. The third-order valence-corrected chi connectivity index (χ3v) is 3.43. The highest BCUT2D eigenvalue weighted by atomic mass is 16.5. The normalized spacial score (nSPS) is 10.3. The van der Waals surface area contributed by atoms with Gasteiger partial charge in [0, 0.05) is 6.42 Å². The Labute approximate surface area is 135 Å². The Morgan fingerprint density at radius 2 is 1.26 bits per heavy atom. The molecular formula is C20H18O3. The number of hydrogen-bond donors (Lipinski definition) is 1. The van der Waals surface area contributed by atoms with Gasteiger partial charge in [0.1, 0.15) is 23.0 Å². The second-order valence-electron chi connectivity index (χ2n) is 5.11. The van der Waals surface area contributed by atoms with E-state index in [9.17, 15) is 5.11 Å². The van der Waals surface area contributed by atoms with Crippen molar-refractivity contribution in [2.75, 3.05) is 6.61 Å². The van der Waals surface area contributed by atoms with Crippen molar-refractivity contribution < 1.29 is 14.6 Å². The maximum Gasteiger partial charge on any atom is 0.127 e. The van der Waals surface area contributed by atoms with Crippen molar-refractivity contribution in [2.45, 2.75) is 6.42 Å². The van der Waals surface area contributed by atoms with E-state index in [0.717, 1.165) is 22.8 Å². The number of phenolic OH excluding ortho intramolecular Hbond substituents is 1. The van der Waals surface area contributed by atoms with Crippen molar-refractivity contribution >= 4 is 0 Å². The number of phenols is 1. The van der Waals surface area contributed by atoms with Gasteiger partial charge < -0.3 is 14.6 Å². The van der Waals surface area contributed by atoms with Gasteiger partial charge in [-0.1, -0.05) is 36.4 Å². The minimum absolute atomic E-state index is 0.308. The van der Waals surface area contributed by atoms with Crippen LogP contribution in [0.4, 0.5) is 0 Å². The van der Waals surface area contributed by atoms with Gasteiger partial charge in [-0.05, 0) is 48.0 Å². The molecule has 0 saturated heterocycles. The molecule has 3 nitrogen and oxygen atoms in total. The summed E-state index contributed by atoms with van der Waals surface area (Å²) in [4.78, 5) is 0. The Morgan fingerprint density at radius 3 is 2.00 bits per heavy atom. The van der Waals surface area contributed by atoms with Crippen LogP contribution in [0.5, 0.6) is 23.0 Å². The van der Waals surface area contributed by atoms with E-state index in [1.165, 1.54) is 0 Å². The number of rotatable bonds is 6. The van der Waals surface area contributed by atoms with E-state index >= 15 is 0 Å². The van der Waals surface area contributed by atoms with Crippen molar-refractivity contribution in [1.82, 2.24) is 0 Å². The van der Waals surface area contributed by atoms with Crippen molar-refractivity contribution in [3.63, 3.8) is 0 Å². The molecule has 0 aliphatic heterocycles. The summed E-state index contributed by atoms with van der Waals surface area (Å²) in [6.07, 6.45) is 0.662. The Balaban J connectivity index is 1.53. The van der Waals surface area contributed by atoms with Gasteiger partial charge in [-0.25, -0.2) is 0 Å². The maximum atomic E-state index is 9.71. The number of hydrogen-bond acceptors (Lipinski definition) is 3. The van der Waals surface area contributed by atoms with Gasteiger partial charge in [0.2, 0.25) is 0 Å². The topological polar surface area (TPSA) is 38.7 Å². The van der Waals surface area contributed by atoms with Gasteiger partial charge in [-0.15, -0.1) is 0 Å². The first kappa shape index (κ1) is 15.0. The molecule has 0 aliphatic rings. The van der Waals surface area contributed by atoms with Crippen LogP contribution in [0, 0.1) is 0 Å². The molecule has 0 fully saturated rings. The summed E-state index contributed by atoms with van der Waals surface area (Å²) in [6, 6.07) is 24.5. The van der Waals surface area contributed by atoms with Gasteiger partial charge in [-0.3, -0.25) is 0 Å². The quantitative estimate of drug-likeness (QED) is 0.710. The van der Waals surface area contributed by atoms with E-state index in [4.69, 9.17) is 9.47 Å². The summed E-state index contributed by atoms with van der Waals surface area (Å²) >= 11 is 0. The first-order valence-electron chi connectivity index (χ1n) is 7.54. The van der Waals surface area contributed by atoms with Crippen LogP contribution in [-0.4, -0.2) is 11.7 Å². The van der Waals surface area contributed by atoms with Gasteiger partial charge in [0.25, 0.3) is 0 Å². The standard InChI is InChI=1S/C20H18O3/c21-20-9-5-4-6-16(20)14-15-22-17-10-12-19(13-11-17)23-18-7-2-1-3-8-18/h1-13,21H,14-15H2. The minimum atomic E-state index is 0.308. The van der Waals surface area contributed by atoms with Gasteiger partial charge in [0.15, 0.2) is 0 Å². The monoisotopic (exact) mass is 306 g/mol.